The highest BCUT2D eigenvalue weighted by atomic mass is 16.1. The van der Waals surface area contributed by atoms with Crippen molar-refractivity contribution in [1.82, 2.24) is 9.78 Å². The quantitative estimate of drug-likeness (QED) is 0.693. The molecule has 1 aromatic heterocycles. The molecule has 1 fully saturated rings. The summed E-state index contributed by atoms with van der Waals surface area (Å²) in [6, 6.07) is 1.93. The van der Waals surface area contributed by atoms with Crippen molar-refractivity contribution in [1.29, 1.82) is 0 Å². The molecule has 0 aromatic carbocycles. The summed E-state index contributed by atoms with van der Waals surface area (Å²) in [4.78, 5) is 11.9. The van der Waals surface area contributed by atoms with Gasteiger partial charge in [0.1, 0.15) is 5.69 Å². The molecule has 1 aromatic rings. The Hall–Kier alpha value is -1.12. The zero-order valence-electron chi connectivity index (χ0n) is 9.49. The zero-order chi connectivity index (χ0) is 10.8. The van der Waals surface area contributed by atoms with Gasteiger partial charge in [-0.15, -0.1) is 0 Å². The minimum absolute atomic E-state index is 0.247. The Morgan fingerprint density at radius 3 is 2.87 bits per heavy atom. The first-order valence-corrected chi connectivity index (χ1v) is 5.76. The molecule has 0 amide bonds. The van der Waals surface area contributed by atoms with Gasteiger partial charge in [0.2, 0.25) is 0 Å². The summed E-state index contributed by atoms with van der Waals surface area (Å²) >= 11 is 0. The zero-order valence-corrected chi connectivity index (χ0v) is 9.49. The fourth-order valence-electron chi connectivity index (χ4n) is 1.83. The fourth-order valence-corrected chi connectivity index (χ4v) is 1.83. The lowest BCUT2D eigenvalue weighted by Gasteiger charge is -1.99. The summed E-state index contributed by atoms with van der Waals surface area (Å²) in [5, 5.41) is 4.29. The Labute approximate surface area is 90.5 Å². The van der Waals surface area contributed by atoms with Crippen LogP contribution in [0.1, 0.15) is 48.8 Å². The molecular weight excluding hydrogens is 188 g/mol. The Morgan fingerprint density at radius 2 is 2.33 bits per heavy atom. The van der Waals surface area contributed by atoms with E-state index in [1.807, 2.05) is 13.1 Å². The summed E-state index contributed by atoms with van der Waals surface area (Å²) in [5.74, 6) is 1.07. The van der Waals surface area contributed by atoms with Crippen LogP contribution in [-0.4, -0.2) is 15.6 Å². The molecule has 0 N–H and O–H groups in total. The van der Waals surface area contributed by atoms with Gasteiger partial charge in [-0.25, -0.2) is 0 Å². The molecule has 0 radical (unpaired) electrons. The van der Waals surface area contributed by atoms with Gasteiger partial charge in [0.25, 0.3) is 0 Å². The van der Waals surface area contributed by atoms with E-state index in [2.05, 4.69) is 12.0 Å². The Bertz CT molecular complexity index is 364. The molecule has 1 aliphatic rings. The number of hydrogen-bond acceptors (Lipinski definition) is 2. The second-order valence-corrected chi connectivity index (χ2v) is 4.40. The first-order chi connectivity index (χ1) is 7.20. The molecule has 0 aliphatic heterocycles. The lowest BCUT2D eigenvalue weighted by molar-refractivity contribution is 0.0969. The van der Waals surface area contributed by atoms with E-state index in [9.17, 15) is 4.79 Å². The predicted octanol–water partition coefficient (Wildman–Crippen LogP) is 2.36. The summed E-state index contributed by atoms with van der Waals surface area (Å²) in [5.41, 5.74) is 1.78. The first-order valence-electron chi connectivity index (χ1n) is 5.76. The van der Waals surface area contributed by atoms with Crippen molar-refractivity contribution in [2.45, 2.75) is 39.0 Å². The van der Waals surface area contributed by atoms with Crippen LogP contribution in [0.15, 0.2) is 6.07 Å². The van der Waals surface area contributed by atoms with Crippen LogP contribution in [0.4, 0.5) is 0 Å². The van der Waals surface area contributed by atoms with E-state index in [1.165, 1.54) is 12.8 Å². The molecule has 0 spiro atoms. The van der Waals surface area contributed by atoms with Crippen LogP contribution in [0.3, 0.4) is 0 Å². The molecule has 3 nitrogen and oxygen atoms in total. The minimum Gasteiger partial charge on any atom is -0.292 e. The van der Waals surface area contributed by atoms with E-state index < -0.39 is 0 Å². The number of aromatic nitrogens is 2. The summed E-state index contributed by atoms with van der Waals surface area (Å²) < 4.78 is 1.72. The highest BCUT2D eigenvalue weighted by Gasteiger charge is 2.23. The lowest BCUT2D eigenvalue weighted by Crippen LogP contribution is -2.06. The highest BCUT2D eigenvalue weighted by molar-refractivity contribution is 5.94. The molecule has 1 aliphatic carbocycles. The maximum Gasteiger partial charge on any atom is 0.180 e. The van der Waals surface area contributed by atoms with E-state index in [0.717, 1.165) is 30.1 Å². The monoisotopic (exact) mass is 206 g/mol. The van der Waals surface area contributed by atoms with Gasteiger partial charge in [-0.3, -0.25) is 9.48 Å². The van der Waals surface area contributed by atoms with Crippen LogP contribution in [0.5, 0.6) is 0 Å². The molecule has 0 unspecified atom stereocenters. The molecular formula is C12H18N2O. The summed E-state index contributed by atoms with van der Waals surface area (Å²) in [6.45, 7) is 2.06. The van der Waals surface area contributed by atoms with Crippen LogP contribution >= 0.6 is 0 Å². The maximum atomic E-state index is 11.9. The molecule has 3 heteroatoms. The van der Waals surface area contributed by atoms with Crippen molar-refractivity contribution in [2.75, 3.05) is 0 Å². The van der Waals surface area contributed by atoms with Crippen molar-refractivity contribution >= 4 is 5.78 Å². The molecule has 0 bridgehead atoms. The van der Waals surface area contributed by atoms with Gasteiger partial charge in [-0.05, 0) is 24.8 Å². The number of nitrogens with zero attached hydrogens (tertiary/aromatic N) is 2. The van der Waals surface area contributed by atoms with E-state index in [-0.39, 0.29) is 5.78 Å². The molecule has 15 heavy (non-hydrogen) atoms. The topological polar surface area (TPSA) is 34.9 Å². The number of hydrogen-bond donors (Lipinski definition) is 0. The second kappa shape index (κ2) is 4.17. The predicted molar refractivity (Wildman–Crippen MR) is 58.9 cm³/mol. The Morgan fingerprint density at radius 1 is 1.60 bits per heavy atom. The van der Waals surface area contributed by atoms with Crippen LogP contribution in [-0.2, 0) is 13.5 Å². The summed E-state index contributed by atoms with van der Waals surface area (Å²) in [7, 11) is 1.85. The van der Waals surface area contributed by atoms with Crippen LogP contribution in [0, 0.1) is 5.92 Å². The van der Waals surface area contributed by atoms with Gasteiger partial charge in [0.05, 0.1) is 5.69 Å². The van der Waals surface area contributed by atoms with E-state index >= 15 is 0 Å². The van der Waals surface area contributed by atoms with Crippen LogP contribution in [0.2, 0.25) is 0 Å². The fraction of sp³-hybridized carbons (Fsp3) is 0.667. The van der Waals surface area contributed by atoms with Crippen LogP contribution < -0.4 is 0 Å². The van der Waals surface area contributed by atoms with Crippen molar-refractivity contribution < 1.29 is 4.79 Å². The molecule has 0 atom stereocenters. The Balaban J connectivity index is 1.99. The highest BCUT2D eigenvalue weighted by Crippen LogP contribution is 2.33. The van der Waals surface area contributed by atoms with Crippen molar-refractivity contribution in [3.8, 4) is 0 Å². The second-order valence-electron chi connectivity index (χ2n) is 4.40. The molecule has 82 valence electrons. The van der Waals surface area contributed by atoms with E-state index in [4.69, 9.17) is 0 Å². The van der Waals surface area contributed by atoms with Gasteiger partial charge in [0, 0.05) is 13.5 Å². The van der Waals surface area contributed by atoms with Gasteiger partial charge in [-0.2, -0.15) is 5.10 Å². The molecule has 1 heterocycles. The Kier molecular flexibility index (Phi) is 2.89. The number of carbonyl (C=O) groups is 1. The van der Waals surface area contributed by atoms with Crippen molar-refractivity contribution in [3.63, 3.8) is 0 Å². The third-order valence-electron chi connectivity index (χ3n) is 3.05. The van der Waals surface area contributed by atoms with Gasteiger partial charge in [0.15, 0.2) is 5.78 Å². The van der Waals surface area contributed by atoms with E-state index in [1.54, 1.807) is 4.68 Å². The number of carbonyl (C=O) groups excluding carboxylic acids is 1. The van der Waals surface area contributed by atoms with Gasteiger partial charge < -0.3 is 0 Å². The average Bonchev–Trinajstić information content (AvgIpc) is 2.97. The summed E-state index contributed by atoms with van der Waals surface area (Å²) in [6.07, 6.45) is 5.28. The molecule has 0 saturated heterocycles. The largest absolute Gasteiger partial charge is 0.292 e. The number of rotatable bonds is 5. The molecule has 1 saturated carbocycles. The maximum absolute atomic E-state index is 11.9. The minimum atomic E-state index is 0.247. The molecule has 2 rings (SSSR count). The lowest BCUT2D eigenvalue weighted by atomic mass is 10.1. The number of ketones is 1. The van der Waals surface area contributed by atoms with Gasteiger partial charge in [-0.1, -0.05) is 19.8 Å². The van der Waals surface area contributed by atoms with Crippen molar-refractivity contribution in [2.24, 2.45) is 13.0 Å². The smallest absolute Gasteiger partial charge is 0.180 e. The average molecular weight is 206 g/mol. The third kappa shape index (κ3) is 2.46. The van der Waals surface area contributed by atoms with E-state index in [0.29, 0.717) is 6.42 Å². The normalized spacial score (nSPS) is 15.6. The van der Waals surface area contributed by atoms with Crippen molar-refractivity contribution in [3.05, 3.63) is 17.5 Å². The SMILES string of the molecule is CCc1cc(C(=O)CCC2CC2)n(C)n1. The number of aryl methyl sites for hydroxylation is 2. The van der Waals surface area contributed by atoms with Gasteiger partial charge >= 0.3 is 0 Å². The van der Waals surface area contributed by atoms with Crippen LogP contribution in [0.25, 0.3) is 0 Å². The third-order valence-corrected chi connectivity index (χ3v) is 3.05. The standard InChI is InChI=1S/C12H18N2O/c1-3-10-8-11(14(2)13-10)12(15)7-6-9-4-5-9/h8-9H,3-7H2,1-2H3. The first kappa shape index (κ1) is 10.4. The number of Topliss-reactive ketones (excluding diaryl/α,β-unsaturated/α-hetero) is 1.